The van der Waals surface area contributed by atoms with E-state index in [1.807, 2.05) is 47.5 Å². The summed E-state index contributed by atoms with van der Waals surface area (Å²) in [6, 6.07) is 17.9. The van der Waals surface area contributed by atoms with E-state index in [4.69, 9.17) is 17.3 Å². The molecule has 1 amide bonds. The summed E-state index contributed by atoms with van der Waals surface area (Å²) in [7, 11) is 0. The van der Waals surface area contributed by atoms with Crippen molar-refractivity contribution in [3.05, 3.63) is 81.7 Å². The maximum absolute atomic E-state index is 11.3. The van der Waals surface area contributed by atoms with Gasteiger partial charge in [-0.2, -0.15) is 5.10 Å². The quantitative estimate of drug-likeness (QED) is 0.548. The lowest BCUT2D eigenvalue weighted by molar-refractivity contribution is -0.114. The van der Waals surface area contributed by atoms with E-state index in [9.17, 15) is 4.79 Å². The van der Waals surface area contributed by atoms with Gasteiger partial charge in [0.25, 0.3) is 0 Å². The molecule has 2 N–H and O–H groups in total. The molecule has 4 rings (SSSR count). The fourth-order valence-electron chi connectivity index (χ4n) is 3.36. The van der Waals surface area contributed by atoms with Gasteiger partial charge in [0, 0.05) is 28.6 Å². The third-order valence-electron chi connectivity index (χ3n) is 4.95. The molecule has 1 aromatic heterocycles. The largest absolute Gasteiger partial charge is 0.326 e. The molecule has 0 atom stereocenters. The monoisotopic (exact) mass is 434 g/mol. The predicted molar refractivity (Wildman–Crippen MR) is 128 cm³/mol. The molecule has 0 unspecified atom stereocenters. The molecule has 0 saturated carbocycles. The van der Waals surface area contributed by atoms with Crippen LogP contribution in [-0.2, 0) is 11.3 Å². The second kappa shape index (κ2) is 8.38. The van der Waals surface area contributed by atoms with Crippen molar-refractivity contribution in [1.29, 1.82) is 0 Å². The Morgan fingerprint density at radius 3 is 2.50 bits per heavy atom. The summed E-state index contributed by atoms with van der Waals surface area (Å²) >= 11 is 7.37. The van der Waals surface area contributed by atoms with Gasteiger partial charge in [-0.1, -0.05) is 42.5 Å². The first-order valence-corrected chi connectivity index (χ1v) is 10.8. The average molecular weight is 435 g/mol. The van der Waals surface area contributed by atoms with Crippen molar-refractivity contribution in [3.63, 3.8) is 0 Å². The van der Waals surface area contributed by atoms with E-state index >= 15 is 0 Å². The van der Waals surface area contributed by atoms with Gasteiger partial charge in [-0.15, -0.1) is 11.3 Å². The highest BCUT2D eigenvalue weighted by atomic mass is 32.1. The maximum atomic E-state index is 11.3. The Morgan fingerprint density at radius 2 is 1.83 bits per heavy atom. The van der Waals surface area contributed by atoms with Gasteiger partial charge in [-0.3, -0.25) is 4.79 Å². The van der Waals surface area contributed by atoms with E-state index in [0.29, 0.717) is 11.7 Å². The van der Waals surface area contributed by atoms with Crippen LogP contribution in [-0.4, -0.2) is 21.7 Å². The van der Waals surface area contributed by atoms with Gasteiger partial charge in [0.15, 0.2) is 5.11 Å². The molecule has 2 aromatic carbocycles. The molecule has 0 radical (unpaired) electrons. The molecule has 0 aliphatic carbocycles. The van der Waals surface area contributed by atoms with Crippen LogP contribution in [0.1, 0.15) is 34.1 Å². The van der Waals surface area contributed by atoms with Gasteiger partial charge >= 0.3 is 0 Å². The van der Waals surface area contributed by atoms with Gasteiger partial charge in [-0.25, -0.2) is 5.01 Å². The van der Waals surface area contributed by atoms with Crippen molar-refractivity contribution < 1.29 is 4.79 Å². The second-order valence-electron chi connectivity index (χ2n) is 7.17. The number of amides is 1. The molecule has 152 valence electrons. The minimum atomic E-state index is -0.0928. The average Bonchev–Trinajstić information content (AvgIpc) is 2.91. The predicted octanol–water partition coefficient (Wildman–Crippen LogP) is 5.29. The molecular weight excluding hydrogens is 412 g/mol. The summed E-state index contributed by atoms with van der Waals surface area (Å²) in [5, 5.41) is 14.6. The number of benzene rings is 2. The van der Waals surface area contributed by atoms with E-state index in [1.54, 1.807) is 11.3 Å². The first kappa shape index (κ1) is 20.3. The molecular formula is C23H22N4OS2. The zero-order valence-corrected chi connectivity index (χ0v) is 18.7. The summed E-state index contributed by atoms with van der Waals surface area (Å²) in [6.07, 6.45) is 0. The number of nitrogens with zero attached hydrogens (tertiary/aromatic N) is 2. The molecule has 5 nitrogen and oxygen atoms in total. The lowest BCUT2D eigenvalue weighted by Crippen LogP contribution is -2.29. The maximum Gasteiger partial charge on any atom is 0.221 e. The minimum Gasteiger partial charge on any atom is -0.326 e. The Bertz CT molecular complexity index is 1130. The standard InChI is InChI=1S/C23H22N4OS2/c1-14-15(2)30-22-20(14)21(18-9-11-19(12-10-18)24-16(3)28)26-27(23(29)25-22)13-17-7-5-4-6-8-17/h4-12H,13H2,1-3H3,(H,24,28)(H,25,29). The highest BCUT2D eigenvalue weighted by Crippen LogP contribution is 2.36. The number of hydrazone groups is 1. The molecule has 0 bridgehead atoms. The Labute approximate surface area is 185 Å². The normalized spacial score (nSPS) is 13.2. The van der Waals surface area contributed by atoms with Crippen LogP contribution in [0.4, 0.5) is 10.7 Å². The van der Waals surface area contributed by atoms with Crippen molar-refractivity contribution in [2.24, 2.45) is 5.10 Å². The van der Waals surface area contributed by atoms with Crippen LogP contribution in [0.5, 0.6) is 0 Å². The number of carbonyl (C=O) groups excluding carboxylic acids is 1. The third-order valence-corrected chi connectivity index (χ3v) is 6.39. The molecule has 30 heavy (non-hydrogen) atoms. The summed E-state index contributed by atoms with van der Waals surface area (Å²) in [5.74, 6) is -0.0928. The van der Waals surface area contributed by atoms with Gasteiger partial charge < -0.3 is 10.6 Å². The van der Waals surface area contributed by atoms with E-state index < -0.39 is 0 Å². The molecule has 1 aliphatic rings. The number of hydrogen-bond donors (Lipinski definition) is 2. The third kappa shape index (κ3) is 4.13. The van der Waals surface area contributed by atoms with Crippen molar-refractivity contribution >= 4 is 51.0 Å². The Balaban J connectivity index is 1.79. The van der Waals surface area contributed by atoms with Gasteiger partial charge in [0.2, 0.25) is 5.91 Å². The van der Waals surface area contributed by atoms with Crippen molar-refractivity contribution in [3.8, 4) is 0 Å². The summed E-state index contributed by atoms with van der Waals surface area (Å²) in [5.41, 5.74) is 5.98. The highest BCUT2D eigenvalue weighted by molar-refractivity contribution is 7.80. The van der Waals surface area contributed by atoms with Crippen LogP contribution in [0.2, 0.25) is 0 Å². The van der Waals surface area contributed by atoms with E-state index in [1.165, 1.54) is 17.4 Å². The van der Waals surface area contributed by atoms with E-state index in [0.717, 1.165) is 33.1 Å². The summed E-state index contributed by atoms with van der Waals surface area (Å²) in [6.45, 7) is 6.30. The fraction of sp³-hybridized carbons (Fsp3) is 0.174. The molecule has 0 saturated heterocycles. The zero-order valence-electron chi connectivity index (χ0n) is 17.0. The second-order valence-corrected chi connectivity index (χ2v) is 8.78. The molecule has 2 heterocycles. The number of aryl methyl sites for hydroxylation is 1. The van der Waals surface area contributed by atoms with Crippen LogP contribution >= 0.6 is 23.6 Å². The lowest BCUT2D eigenvalue weighted by Gasteiger charge is -2.19. The number of carbonyl (C=O) groups is 1. The van der Waals surface area contributed by atoms with Crippen LogP contribution in [0.25, 0.3) is 0 Å². The van der Waals surface area contributed by atoms with Crippen molar-refractivity contribution in [2.45, 2.75) is 27.3 Å². The first-order chi connectivity index (χ1) is 14.4. The number of hydrogen-bond acceptors (Lipinski definition) is 4. The number of thiophene rings is 1. The molecule has 0 fully saturated rings. The SMILES string of the molecule is CC(=O)Nc1ccc(C2=NN(Cc3ccccc3)C(=S)Nc3sc(C)c(C)c32)cc1. The molecule has 0 spiro atoms. The van der Waals surface area contributed by atoms with Crippen LogP contribution in [0, 0.1) is 13.8 Å². The molecule has 7 heteroatoms. The number of rotatable bonds is 4. The highest BCUT2D eigenvalue weighted by Gasteiger charge is 2.26. The smallest absolute Gasteiger partial charge is 0.221 e. The first-order valence-electron chi connectivity index (χ1n) is 9.62. The van der Waals surface area contributed by atoms with E-state index in [2.05, 4.69) is 36.6 Å². The van der Waals surface area contributed by atoms with Crippen LogP contribution in [0.3, 0.4) is 0 Å². The zero-order chi connectivity index (χ0) is 21.3. The lowest BCUT2D eigenvalue weighted by atomic mass is 10.00. The Kier molecular flexibility index (Phi) is 5.65. The fourth-order valence-corrected chi connectivity index (χ4v) is 4.69. The van der Waals surface area contributed by atoms with Crippen molar-refractivity contribution in [2.75, 3.05) is 10.6 Å². The van der Waals surface area contributed by atoms with Gasteiger partial charge in [0.05, 0.1) is 6.54 Å². The number of fused-ring (bicyclic) bond motifs is 1. The van der Waals surface area contributed by atoms with Crippen LogP contribution < -0.4 is 10.6 Å². The number of nitrogens with one attached hydrogen (secondary N) is 2. The van der Waals surface area contributed by atoms with Gasteiger partial charge in [-0.05, 0) is 49.3 Å². The molecule has 1 aliphatic heterocycles. The number of thiocarbonyl (C=S) groups is 1. The molecule has 3 aromatic rings. The van der Waals surface area contributed by atoms with E-state index in [-0.39, 0.29) is 5.91 Å². The summed E-state index contributed by atoms with van der Waals surface area (Å²) in [4.78, 5) is 12.6. The minimum absolute atomic E-state index is 0.0928. The Hall–Kier alpha value is -3.03. The number of anilines is 2. The van der Waals surface area contributed by atoms with Crippen LogP contribution in [0.15, 0.2) is 59.7 Å². The Morgan fingerprint density at radius 1 is 1.13 bits per heavy atom. The summed E-state index contributed by atoms with van der Waals surface area (Å²) < 4.78 is 0. The topological polar surface area (TPSA) is 56.7 Å². The van der Waals surface area contributed by atoms with Gasteiger partial charge in [0.1, 0.15) is 10.7 Å². The van der Waals surface area contributed by atoms with Crippen molar-refractivity contribution in [1.82, 2.24) is 5.01 Å².